The molecule has 2 saturated heterocycles. The van der Waals surface area contributed by atoms with E-state index >= 15 is 0 Å². The second-order valence-corrected chi connectivity index (χ2v) is 7.06. The van der Waals surface area contributed by atoms with E-state index < -0.39 is 0 Å². The summed E-state index contributed by atoms with van der Waals surface area (Å²) in [4.78, 5) is 16.5. The lowest BCUT2D eigenvalue weighted by Gasteiger charge is -2.42. The Hall–Kier alpha value is -1.62. The van der Waals surface area contributed by atoms with Crippen LogP contribution in [0.15, 0.2) is 24.3 Å². The van der Waals surface area contributed by atoms with Crippen LogP contribution in [0.1, 0.15) is 38.2 Å². The number of rotatable bonds is 5. The van der Waals surface area contributed by atoms with E-state index in [1.54, 1.807) is 12.1 Å². The van der Waals surface area contributed by atoms with Crippen LogP contribution in [0, 0.1) is 5.82 Å². The lowest BCUT2D eigenvalue weighted by molar-refractivity contribution is 0.0919. The highest BCUT2D eigenvalue weighted by Crippen LogP contribution is 2.21. The molecule has 0 aliphatic carbocycles. The lowest BCUT2D eigenvalue weighted by atomic mass is 9.99. The van der Waals surface area contributed by atoms with Gasteiger partial charge in [-0.1, -0.05) is 12.1 Å². The van der Waals surface area contributed by atoms with E-state index in [9.17, 15) is 9.18 Å². The first kappa shape index (κ1) is 17.2. The smallest absolute Gasteiger partial charge is 0.317 e. The van der Waals surface area contributed by atoms with Gasteiger partial charge in [-0.2, -0.15) is 0 Å². The van der Waals surface area contributed by atoms with Crippen molar-refractivity contribution in [3.8, 4) is 0 Å². The number of urea groups is 1. The molecule has 0 spiro atoms. The van der Waals surface area contributed by atoms with Crippen molar-refractivity contribution in [1.29, 1.82) is 0 Å². The van der Waals surface area contributed by atoms with E-state index in [1.165, 1.54) is 6.07 Å². The van der Waals surface area contributed by atoms with E-state index in [2.05, 4.69) is 17.1 Å². The first-order valence-corrected chi connectivity index (χ1v) is 9.16. The standard InChI is InChI=1S/C19H28FN3O/c1-15(6-7-16-4-2-5-17(20)14-16)22-12-8-18(9-13-22)23-11-3-10-21-19(23)24/h2,4-5,14-15,18H,3,6-13H2,1H3,(H,21,24). The molecule has 2 aliphatic rings. The Morgan fingerprint density at radius 2 is 2.08 bits per heavy atom. The SMILES string of the molecule is CC(CCc1cccc(F)c1)N1CCC(N2CCCNC2=O)CC1. The average Bonchev–Trinajstić information content (AvgIpc) is 2.60. The molecule has 0 saturated carbocycles. The molecule has 3 rings (SSSR count). The van der Waals surface area contributed by atoms with Crippen molar-refractivity contribution in [1.82, 2.24) is 15.1 Å². The van der Waals surface area contributed by atoms with Crippen molar-refractivity contribution >= 4 is 6.03 Å². The number of nitrogens with one attached hydrogen (secondary N) is 1. The van der Waals surface area contributed by atoms with E-state index in [-0.39, 0.29) is 11.8 Å². The molecule has 1 aromatic rings. The minimum Gasteiger partial charge on any atom is -0.338 e. The maximum atomic E-state index is 13.3. The minimum atomic E-state index is -0.152. The monoisotopic (exact) mass is 333 g/mol. The average molecular weight is 333 g/mol. The number of hydrogen-bond donors (Lipinski definition) is 1. The van der Waals surface area contributed by atoms with E-state index in [1.807, 2.05) is 11.0 Å². The fraction of sp³-hybridized carbons (Fsp3) is 0.632. The molecule has 2 heterocycles. The van der Waals surface area contributed by atoms with Gasteiger partial charge in [-0.05, 0) is 56.7 Å². The highest BCUT2D eigenvalue weighted by molar-refractivity contribution is 5.75. The number of benzene rings is 1. The highest BCUT2D eigenvalue weighted by Gasteiger charge is 2.30. The number of hydrogen-bond acceptors (Lipinski definition) is 2. The molecule has 2 aliphatic heterocycles. The first-order chi connectivity index (χ1) is 11.6. The third-order valence-electron chi connectivity index (χ3n) is 5.42. The zero-order chi connectivity index (χ0) is 16.9. The van der Waals surface area contributed by atoms with Crippen LogP contribution in [0.5, 0.6) is 0 Å². The van der Waals surface area contributed by atoms with Crippen LogP contribution in [-0.4, -0.2) is 54.1 Å². The molecule has 24 heavy (non-hydrogen) atoms. The van der Waals surface area contributed by atoms with Gasteiger partial charge in [0, 0.05) is 38.3 Å². The Morgan fingerprint density at radius 1 is 1.29 bits per heavy atom. The summed E-state index contributed by atoms with van der Waals surface area (Å²) in [5.41, 5.74) is 1.07. The van der Waals surface area contributed by atoms with E-state index in [0.29, 0.717) is 12.1 Å². The number of amides is 2. The van der Waals surface area contributed by atoms with Crippen molar-refractivity contribution in [2.75, 3.05) is 26.2 Å². The van der Waals surface area contributed by atoms with Gasteiger partial charge in [0.25, 0.3) is 0 Å². The molecule has 1 atom stereocenters. The molecule has 2 fully saturated rings. The lowest BCUT2D eigenvalue weighted by Crippen LogP contribution is -2.55. The van der Waals surface area contributed by atoms with Gasteiger partial charge in [0.05, 0.1) is 0 Å². The fourth-order valence-corrected chi connectivity index (χ4v) is 3.89. The fourth-order valence-electron chi connectivity index (χ4n) is 3.89. The van der Waals surface area contributed by atoms with Gasteiger partial charge in [0.1, 0.15) is 5.82 Å². The van der Waals surface area contributed by atoms with Crippen LogP contribution in [0.3, 0.4) is 0 Å². The molecule has 1 aromatic carbocycles. The Kier molecular flexibility index (Phi) is 5.72. The molecule has 0 bridgehead atoms. The largest absolute Gasteiger partial charge is 0.338 e. The maximum absolute atomic E-state index is 13.3. The summed E-state index contributed by atoms with van der Waals surface area (Å²) in [7, 11) is 0. The van der Waals surface area contributed by atoms with Crippen molar-refractivity contribution in [2.45, 2.75) is 51.1 Å². The number of piperidine rings is 1. The zero-order valence-electron chi connectivity index (χ0n) is 14.5. The Balaban J connectivity index is 1.44. The molecular formula is C19H28FN3O. The normalized spacial score (nSPS) is 21.6. The second kappa shape index (κ2) is 7.97. The van der Waals surface area contributed by atoms with Crippen LogP contribution in [-0.2, 0) is 6.42 Å². The molecule has 4 nitrogen and oxygen atoms in total. The van der Waals surface area contributed by atoms with Gasteiger partial charge in [-0.3, -0.25) is 0 Å². The third kappa shape index (κ3) is 4.26. The highest BCUT2D eigenvalue weighted by atomic mass is 19.1. The number of carbonyl (C=O) groups is 1. The molecule has 5 heteroatoms. The summed E-state index contributed by atoms with van der Waals surface area (Å²) in [6, 6.07) is 7.89. The van der Waals surface area contributed by atoms with Crippen LogP contribution in [0.25, 0.3) is 0 Å². The van der Waals surface area contributed by atoms with Crippen molar-refractivity contribution in [3.63, 3.8) is 0 Å². The second-order valence-electron chi connectivity index (χ2n) is 7.06. The van der Waals surface area contributed by atoms with Gasteiger partial charge >= 0.3 is 6.03 Å². The Labute approximate surface area is 144 Å². The topological polar surface area (TPSA) is 35.6 Å². The molecule has 1 unspecified atom stereocenters. The molecule has 0 aromatic heterocycles. The molecule has 2 amide bonds. The molecule has 1 N–H and O–H groups in total. The number of likely N-dealkylation sites (tertiary alicyclic amines) is 1. The minimum absolute atomic E-state index is 0.110. The predicted molar refractivity (Wildman–Crippen MR) is 93.5 cm³/mol. The Bertz CT molecular complexity index is 557. The Morgan fingerprint density at radius 3 is 2.79 bits per heavy atom. The number of nitrogens with zero attached hydrogens (tertiary/aromatic N) is 2. The van der Waals surface area contributed by atoms with Crippen LogP contribution in [0.4, 0.5) is 9.18 Å². The van der Waals surface area contributed by atoms with Crippen molar-refractivity contribution in [2.24, 2.45) is 0 Å². The summed E-state index contributed by atoms with van der Waals surface area (Å²) in [6.45, 7) is 6.04. The summed E-state index contributed by atoms with van der Waals surface area (Å²) >= 11 is 0. The van der Waals surface area contributed by atoms with Crippen LogP contribution in [0.2, 0.25) is 0 Å². The van der Waals surface area contributed by atoms with E-state index in [4.69, 9.17) is 0 Å². The van der Waals surface area contributed by atoms with Gasteiger partial charge < -0.3 is 15.1 Å². The van der Waals surface area contributed by atoms with Crippen LogP contribution < -0.4 is 5.32 Å². The summed E-state index contributed by atoms with van der Waals surface area (Å²) in [5, 5.41) is 2.95. The molecular weight excluding hydrogens is 305 g/mol. The number of halogens is 1. The maximum Gasteiger partial charge on any atom is 0.317 e. The summed E-state index contributed by atoms with van der Waals surface area (Å²) in [6.07, 6.45) is 5.11. The van der Waals surface area contributed by atoms with Gasteiger partial charge in [-0.25, -0.2) is 9.18 Å². The summed E-state index contributed by atoms with van der Waals surface area (Å²) in [5.74, 6) is -0.152. The molecule has 132 valence electrons. The van der Waals surface area contributed by atoms with Crippen molar-refractivity contribution in [3.05, 3.63) is 35.6 Å². The first-order valence-electron chi connectivity index (χ1n) is 9.16. The van der Waals surface area contributed by atoms with Crippen molar-refractivity contribution < 1.29 is 9.18 Å². The van der Waals surface area contributed by atoms with Gasteiger partial charge in [-0.15, -0.1) is 0 Å². The predicted octanol–water partition coefficient (Wildman–Crippen LogP) is 3.03. The van der Waals surface area contributed by atoms with Crippen LogP contribution >= 0.6 is 0 Å². The van der Waals surface area contributed by atoms with Gasteiger partial charge in [0.15, 0.2) is 0 Å². The van der Waals surface area contributed by atoms with Gasteiger partial charge in [0.2, 0.25) is 0 Å². The zero-order valence-corrected chi connectivity index (χ0v) is 14.5. The van der Waals surface area contributed by atoms with E-state index in [0.717, 1.165) is 63.8 Å². The quantitative estimate of drug-likeness (QED) is 0.899. The molecule has 0 radical (unpaired) electrons. The number of carbonyl (C=O) groups excluding carboxylic acids is 1. The third-order valence-corrected chi connectivity index (χ3v) is 5.42. The number of aryl methyl sites for hydroxylation is 1. The summed E-state index contributed by atoms with van der Waals surface area (Å²) < 4.78 is 13.3.